The first-order valence-corrected chi connectivity index (χ1v) is 48.8. The van der Waals surface area contributed by atoms with E-state index >= 15 is 0 Å². The van der Waals surface area contributed by atoms with Crippen molar-refractivity contribution < 1.29 is 43.5 Å². The number of methoxy groups -OCH3 is 5. The highest BCUT2D eigenvalue weighted by Crippen LogP contribution is 2.20. The summed E-state index contributed by atoms with van der Waals surface area (Å²) in [6.07, 6.45) is 12.6. The van der Waals surface area contributed by atoms with Crippen LogP contribution in [0.25, 0.3) is 0 Å². The van der Waals surface area contributed by atoms with E-state index in [2.05, 4.69) is 113 Å². The summed E-state index contributed by atoms with van der Waals surface area (Å²) in [5, 5.41) is 40.1. The molecule has 0 aliphatic rings. The maximum Gasteiger partial charge on any atom is 0.355 e. The Labute approximate surface area is 856 Å². The number of aliphatic imine (C=N–C) groups is 2. The number of rotatable bonds is 29. The number of aromatic nitrogens is 11. The van der Waals surface area contributed by atoms with Crippen LogP contribution in [0.1, 0.15) is 88.9 Å². The van der Waals surface area contributed by atoms with Crippen molar-refractivity contribution in [2.24, 2.45) is 44.4 Å². The Balaban J connectivity index is 0.00000162. The number of aliphatic hydroxyl groups excluding tert-OH is 2. The number of nitrogens with one attached hydrogen (secondary N) is 4. The second kappa shape index (κ2) is 75.9. The summed E-state index contributed by atoms with van der Waals surface area (Å²) in [6.45, 7) is 12.4. The Kier molecular flexibility index (Phi) is 68.8. The predicted molar refractivity (Wildman–Crippen MR) is 576 cm³/mol. The number of anilines is 1. The number of halogens is 3. The van der Waals surface area contributed by atoms with Crippen LogP contribution in [0.4, 0.5) is 10.7 Å². The summed E-state index contributed by atoms with van der Waals surface area (Å²) < 4.78 is 33.5. The topological polar surface area (TPSA) is 573 Å². The van der Waals surface area contributed by atoms with Crippen LogP contribution < -0.4 is 103 Å². The summed E-state index contributed by atoms with van der Waals surface area (Å²) in [5.74, 6) is 4.08. The van der Waals surface area contributed by atoms with E-state index in [1.807, 2.05) is 205 Å². The lowest BCUT2D eigenvalue weighted by atomic mass is 10.1. The molecule has 0 aliphatic heterocycles. The number of aromatic amines is 1. The summed E-state index contributed by atoms with van der Waals surface area (Å²) >= 11 is 15.3. The number of hydrogen-bond acceptors (Lipinski definition) is 30. The van der Waals surface area contributed by atoms with Crippen LogP contribution >= 0.6 is 94.1 Å². The second-order valence-electron chi connectivity index (χ2n) is 27.2. The molecule has 45 heteroatoms. The number of hydrogen-bond donors (Lipinski definition) is 12. The largest absolute Gasteiger partial charge is 0.497 e. The molecular formula is C95H126Cl2IN23O15S4. The van der Waals surface area contributed by atoms with Gasteiger partial charge >= 0.3 is 39.5 Å². The summed E-state index contributed by atoms with van der Waals surface area (Å²) in [5.41, 5.74) is 39.7. The number of nitrogens with two attached hydrogens (primary N) is 6. The fraction of sp³-hybridized carbons (Fsp3) is 0.305. The number of amidine groups is 1. The van der Waals surface area contributed by atoms with Crippen molar-refractivity contribution in [3.8, 4) is 34.8 Å². The number of isocyanates is 1. The standard InChI is InChI=1S/C22H27N5O3.C21H23N3O3S.C12H13N3O3S.C10H14N2OS.C9H12N2OS.C9H12O.C4H6N4.C2ClNO2.C2H8N2.C2H3N.CH3I.CH4O.ClH/c1-3-16-4-6-17(7-5-16)15-27-21(28)25-20(24-13-12-23)26(22(27)29)14-18-8-10-19(30-2)11-9-18;1-4-15-5-7-16(8-6-15)13-23-19(25)22-20(28-3)24(21(23)26)14-17-9-11-18(27-2)12-10-17;1-18-9-5-3-8(4-6-9)7-15-11(17)13-10(16)14-12(15)19-2;1-13-9-5-3-8(4-6-9)7-12-10(11)14-2;1-12-8-4-2-7(3-5-8)6-11-9(10)13;1-2-8-3-5-9(7-10)6-4-8;5-4(6)8-3-1-2-7-8;3-2(6)4-1-5;3-1-2-4;1-2-3;2*1-2;/h4-11H,3,12-15,23H2,1-2H3,(H,24,25,28);5-12H,4,13-14H2,1-3H3;3-6H,7H2,1-2H3,(H,13,16,17);3-6H,7H2,1-2H3,(H2,11,12);2-5H,6H2,1H3,(H3,10,11,13);3-6,10H,2,7H2,1H3;1-3H,(H3,5,6);;1-4H2;1H3;1H3;2H,1H3;1H. The molecule has 0 spiro atoms. The van der Waals surface area contributed by atoms with Crippen molar-refractivity contribution >= 4 is 128 Å². The molecule has 140 heavy (non-hydrogen) atoms. The highest BCUT2D eigenvalue weighted by molar-refractivity contribution is 14.1. The monoisotopic (exact) mass is 2150 g/mol. The van der Waals surface area contributed by atoms with Gasteiger partial charge in [-0.1, -0.05) is 212 Å². The molecule has 0 saturated carbocycles. The minimum Gasteiger partial charge on any atom is -0.497 e. The molecule has 4 aromatic heterocycles. The molecule has 18 N–H and O–H groups in total. The fourth-order valence-electron chi connectivity index (χ4n) is 10.9. The molecule has 0 unspecified atom stereocenters. The Morgan fingerprint density at radius 3 is 1.18 bits per heavy atom. The Hall–Kier alpha value is -13.1. The fourth-order valence-corrected chi connectivity index (χ4v) is 12.2. The van der Waals surface area contributed by atoms with Crippen LogP contribution in [0.15, 0.2) is 262 Å². The van der Waals surface area contributed by atoms with Gasteiger partial charge in [0.1, 0.15) is 28.7 Å². The molecule has 0 bridgehead atoms. The molecule has 8 aromatic carbocycles. The lowest BCUT2D eigenvalue weighted by Gasteiger charge is -2.15. The van der Waals surface area contributed by atoms with E-state index in [1.165, 1.54) is 81.8 Å². The van der Waals surface area contributed by atoms with Gasteiger partial charge in [0.2, 0.25) is 18.0 Å². The van der Waals surface area contributed by atoms with E-state index in [1.54, 1.807) is 72.6 Å². The van der Waals surface area contributed by atoms with E-state index in [0.29, 0.717) is 73.0 Å². The summed E-state index contributed by atoms with van der Waals surface area (Å²) in [6, 6.07) is 65.0. The van der Waals surface area contributed by atoms with E-state index in [4.69, 9.17) is 83.8 Å². The molecule has 0 saturated heterocycles. The number of H-pyrrole nitrogens is 1. The highest BCUT2D eigenvalue weighted by atomic mass is 127. The van der Waals surface area contributed by atoms with Crippen molar-refractivity contribution in [1.82, 2.24) is 57.9 Å². The zero-order valence-corrected chi connectivity index (χ0v) is 87.6. The van der Waals surface area contributed by atoms with Crippen LogP contribution in [0.5, 0.6) is 28.7 Å². The number of amides is 1. The molecule has 4 heterocycles. The minimum atomic E-state index is -1.04. The number of carbonyl (C=O) groups is 1. The number of thioether (sulfide) groups is 3. The minimum absolute atomic E-state index is 0. The van der Waals surface area contributed by atoms with Crippen molar-refractivity contribution in [3.63, 3.8) is 0 Å². The quantitative estimate of drug-likeness (QED) is 0.00238. The first kappa shape index (κ1) is 127. The lowest BCUT2D eigenvalue weighted by molar-refractivity contribution is 0.266. The molecule has 38 nitrogen and oxygen atoms in total. The van der Waals surface area contributed by atoms with Gasteiger partial charge in [-0.05, 0) is 195 Å². The van der Waals surface area contributed by atoms with Gasteiger partial charge in [0.15, 0.2) is 20.6 Å². The van der Waals surface area contributed by atoms with Gasteiger partial charge in [-0.15, -0.1) is 17.4 Å². The summed E-state index contributed by atoms with van der Waals surface area (Å²) in [7, 11) is 9.09. The average Bonchev–Trinajstić information content (AvgIpc) is 1.06. The predicted octanol–water partition coefficient (Wildman–Crippen LogP) is 10.4. The van der Waals surface area contributed by atoms with Crippen LogP contribution in [0.3, 0.4) is 0 Å². The van der Waals surface area contributed by atoms with Crippen molar-refractivity contribution in [2.45, 2.75) is 110 Å². The molecule has 0 atom stereocenters. The number of aryl methyl sites for hydroxylation is 3. The van der Waals surface area contributed by atoms with Gasteiger partial charge in [0.05, 0.1) is 87.5 Å². The van der Waals surface area contributed by atoms with Crippen LogP contribution in [-0.2, 0) is 76.5 Å². The number of ether oxygens (including phenoxy) is 5. The molecule has 12 rings (SSSR count). The van der Waals surface area contributed by atoms with Crippen LogP contribution in [0.2, 0.25) is 0 Å². The maximum absolute atomic E-state index is 13.2. The number of aliphatic hydroxyl groups is 2. The van der Waals surface area contributed by atoms with E-state index in [0.717, 1.165) is 110 Å². The second-order valence-corrected chi connectivity index (χ2v) is 30.4. The van der Waals surface area contributed by atoms with Crippen LogP contribution in [0, 0.1) is 16.7 Å². The molecule has 0 radical (unpaired) electrons. The Bertz CT molecular complexity index is 6020. The molecule has 1 amide bonds. The lowest BCUT2D eigenvalue weighted by Crippen LogP contribution is -2.43. The molecule has 0 aliphatic carbocycles. The zero-order chi connectivity index (χ0) is 104. The van der Waals surface area contributed by atoms with Crippen LogP contribution in [-0.4, -0.2) is 183 Å². The van der Waals surface area contributed by atoms with E-state index in [9.17, 15) is 33.6 Å². The molecular weight excluding hydrogens is 2030 g/mol. The summed E-state index contributed by atoms with van der Waals surface area (Å²) in [4.78, 5) is 115. The third-order valence-electron chi connectivity index (χ3n) is 18.1. The smallest absolute Gasteiger partial charge is 0.355 e. The first-order chi connectivity index (χ1) is 67.0. The Morgan fingerprint density at radius 1 is 0.536 bits per heavy atom. The van der Waals surface area contributed by atoms with Gasteiger partial charge < -0.3 is 78.9 Å². The maximum atomic E-state index is 13.2. The number of nitriles is 1. The zero-order valence-electron chi connectivity index (χ0n) is 80.6. The first-order valence-electron chi connectivity index (χ1n) is 42.2. The third-order valence-corrected chi connectivity index (χ3v) is 20.2. The molecule has 0 fully saturated rings. The van der Waals surface area contributed by atoms with E-state index < -0.39 is 33.8 Å². The normalized spacial score (nSPS) is 9.73. The molecule has 756 valence electrons. The van der Waals surface area contributed by atoms with Crippen molar-refractivity contribution in [3.05, 3.63) is 337 Å². The number of alkyl halides is 1. The SMILES string of the molecule is CC#N.CCc1ccc(CO)cc1.CCc1ccc(Cn2c(=O)nc(NCCN)n(Cc3ccc(OC)cc3)c2=O)cc1.CCc1ccc(Cn2c(=O)nc(SC)n(Cc3ccc(OC)cc3)c2=O)cc1.CI.CO.COc1ccc(CN=C(N)SC)cc1.COc1ccc(CNC(N)=S)cc1.COc1ccc(Cn2c(SC)nc(=O)[nH]c2=O)cc1.Cl.N=C(N)n1cccn1.NCCN.O=C=NC(=O)Cl. The van der Waals surface area contributed by atoms with E-state index in [-0.39, 0.29) is 56.2 Å². The van der Waals surface area contributed by atoms with Gasteiger partial charge in [0.25, 0.3) is 0 Å². The number of nitrogen functional groups attached to an aromatic ring is 1. The number of thiocarbonyl (C=S) groups is 1. The van der Waals surface area contributed by atoms with Gasteiger partial charge in [-0.2, -0.15) is 25.3 Å². The van der Waals surface area contributed by atoms with Gasteiger partial charge in [-0.3, -0.25) is 33.9 Å². The number of carbonyl (C=O) groups excluding carboxylic acids is 2. The number of benzene rings is 8. The molecule has 12 aromatic rings. The van der Waals surface area contributed by atoms with Gasteiger partial charge in [-0.25, -0.2) is 47.4 Å². The highest BCUT2D eigenvalue weighted by Gasteiger charge is 2.17. The Morgan fingerprint density at radius 2 is 0.871 bits per heavy atom. The van der Waals surface area contributed by atoms with Gasteiger partial charge in [0, 0.05) is 59.2 Å². The van der Waals surface area contributed by atoms with Crippen molar-refractivity contribution in [2.75, 3.05) is 97.9 Å². The van der Waals surface area contributed by atoms with Crippen molar-refractivity contribution in [1.29, 1.82) is 10.7 Å². The average molecular weight is 2160 g/mol. The third kappa shape index (κ3) is 50.0. The number of nitrogens with zero attached hydrogens (tertiary/aromatic N) is 13.